The summed E-state index contributed by atoms with van der Waals surface area (Å²) in [6.07, 6.45) is 0. The van der Waals surface area contributed by atoms with Gasteiger partial charge < -0.3 is 5.11 Å². The third kappa shape index (κ3) is 4170. The predicted molar refractivity (Wildman–Crippen MR) is 31.8 cm³/mol. The molecule has 8 heavy (non-hydrogen) atoms. The van der Waals surface area contributed by atoms with E-state index in [0.29, 0.717) is 0 Å². The second-order valence-corrected chi connectivity index (χ2v) is 0.793. The van der Waals surface area contributed by atoms with Gasteiger partial charge in [-0.15, -0.1) is 12.4 Å². The Morgan fingerprint density at radius 2 is 1.62 bits per heavy atom. The van der Waals surface area contributed by atoms with Gasteiger partial charge in [-0.2, -0.15) is 4.89 Å². The van der Waals surface area contributed by atoms with Crippen molar-refractivity contribution in [1.82, 2.24) is 0 Å². The van der Waals surface area contributed by atoms with Crippen LogP contribution in [0.2, 0.25) is 0 Å². The van der Waals surface area contributed by atoms with Crippen LogP contribution >= 0.6 is 21.1 Å². The monoisotopic (exact) mass is 161 g/mol. The molecule has 0 spiro atoms. The molecular formula is C2H7ClO4P+. The molecule has 0 heterocycles. The van der Waals surface area contributed by atoms with Crippen LogP contribution in [0.1, 0.15) is 6.92 Å². The predicted octanol–water partition coefficient (Wildman–Crippen LogP) is 0.430. The minimum absolute atomic E-state index is 0. The summed E-state index contributed by atoms with van der Waals surface area (Å²) in [5, 5.41) is 7.42. The van der Waals surface area contributed by atoms with Gasteiger partial charge in [-0.3, -0.25) is 4.79 Å². The van der Waals surface area contributed by atoms with Crippen LogP contribution in [-0.2, 0) is 9.36 Å². The van der Waals surface area contributed by atoms with E-state index in [2.05, 4.69) is 0 Å². The summed E-state index contributed by atoms with van der Waals surface area (Å²) in [7, 11) is -1.17. The largest absolute Gasteiger partial charge is 0.491 e. The summed E-state index contributed by atoms with van der Waals surface area (Å²) in [5.41, 5.74) is 0. The first-order valence-electron chi connectivity index (χ1n) is 1.36. The van der Waals surface area contributed by atoms with Crippen molar-refractivity contribution >= 4 is 27.1 Å². The highest BCUT2D eigenvalue weighted by atomic mass is 35.5. The van der Waals surface area contributed by atoms with E-state index in [1.165, 1.54) is 0 Å². The van der Waals surface area contributed by atoms with Crippen LogP contribution in [0.4, 0.5) is 0 Å². The molecule has 4 nitrogen and oxygen atoms in total. The second kappa shape index (κ2) is 15.8. The van der Waals surface area contributed by atoms with E-state index in [1.54, 1.807) is 0 Å². The van der Waals surface area contributed by atoms with Gasteiger partial charge in [0.2, 0.25) is 0 Å². The van der Waals surface area contributed by atoms with Crippen LogP contribution in [-0.4, -0.2) is 16.0 Å². The number of halogens is 1. The highest BCUT2D eigenvalue weighted by Gasteiger charge is 1.65. The van der Waals surface area contributed by atoms with Crippen LogP contribution in [0.25, 0.3) is 0 Å². The first-order chi connectivity index (χ1) is 3.15. The first-order valence-corrected chi connectivity index (χ1v) is 2.21. The van der Waals surface area contributed by atoms with E-state index >= 15 is 0 Å². The van der Waals surface area contributed by atoms with Gasteiger partial charge in [0.15, 0.2) is 0 Å². The average molecular weight is 162 g/mol. The molecule has 0 aliphatic rings. The lowest BCUT2D eigenvalue weighted by molar-refractivity contribution is -0.134. The maximum atomic E-state index is 9.00. The molecule has 0 aromatic heterocycles. The molecule has 0 amide bonds. The first kappa shape index (κ1) is 15.7. The Morgan fingerprint density at radius 1 is 1.62 bits per heavy atom. The van der Waals surface area contributed by atoms with Crippen molar-refractivity contribution in [2.45, 2.75) is 6.92 Å². The third-order valence-corrected chi connectivity index (χ3v) is 0. The third-order valence-electron chi connectivity index (χ3n) is 0. The highest BCUT2D eigenvalue weighted by molar-refractivity contribution is 7.16. The molecule has 1 unspecified atom stereocenters. The molecule has 50 valence electrons. The minimum Gasteiger partial charge on any atom is -0.481 e. The molecule has 0 radical (unpaired) electrons. The summed E-state index contributed by atoms with van der Waals surface area (Å²) in [6.45, 7) is 1.08. The minimum atomic E-state index is -1.17. The molecule has 0 aromatic carbocycles. The van der Waals surface area contributed by atoms with Crippen molar-refractivity contribution in [3.05, 3.63) is 0 Å². The van der Waals surface area contributed by atoms with Crippen LogP contribution < -0.4 is 0 Å². The Balaban J connectivity index is -0.0000000575. The molecule has 0 aromatic rings. The molecular weight excluding hydrogens is 154 g/mol. The smallest absolute Gasteiger partial charge is 0.481 e. The number of hydrogen-bond acceptors (Lipinski definition) is 2. The number of carbonyl (C=O) groups is 1. The number of hydrogen-bond donors (Lipinski definition) is 2. The van der Waals surface area contributed by atoms with Gasteiger partial charge in [-0.1, -0.05) is 0 Å². The van der Waals surface area contributed by atoms with E-state index < -0.39 is 14.7 Å². The van der Waals surface area contributed by atoms with Crippen molar-refractivity contribution in [3.8, 4) is 0 Å². The lowest BCUT2D eigenvalue weighted by Crippen LogP contribution is -1.78. The lowest BCUT2D eigenvalue weighted by atomic mass is 10.9. The summed E-state index contributed by atoms with van der Waals surface area (Å²) >= 11 is 0. The summed E-state index contributed by atoms with van der Waals surface area (Å²) in [6, 6.07) is 0. The van der Waals surface area contributed by atoms with E-state index in [-0.39, 0.29) is 12.4 Å². The molecule has 2 N–H and O–H groups in total. The van der Waals surface area contributed by atoms with Crippen molar-refractivity contribution in [2.75, 3.05) is 0 Å². The zero-order valence-electron chi connectivity index (χ0n) is 4.12. The number of carboxylic acids is 1. The van der Waals surface area contributed by atoms with Crippen molar-refractivity contribution in [2.24, 2.45) is 0 Å². The van der Waals surface area contributed by atoms with Crippen LogP contribution in [0.3, 0.4) is 0 Å². The van der Waals surface area contributed by atoms with Gasteiger partial charge in [0.05, 0.1) is 0 Å². The van der Waals surface area contributed by atoms with Gasteiger partial charge in [0.25, 0.3) is 5.97 Å². The van der Waals surface area contributed by atoms with E-state index in [9.17, 15) is 0 Å². The van der Waals surface area contributed by atoms with Gasteiger partial charge in [0.1, 0.15) is 0 Å². The van der Waals surface area contributed by atoms with Gasteiger partial charge in [-0.05, 0) is 4.57 Å². The molecule has 0 rings (SSSR count). The fourth-order valence-electron chi connectivity index (χ4n) is 0. The normalized spacial score (nSPS) is 5.75. The SMILES string of the molecule is CC(=O)O.Cl.O=[PH+]O. The lowest BCUT2D eigenvalue weighted by Gasteiger charge is -1.59. The van der Waals surface area contributed by atoms with Gasteiger partial charge in [0, 0.05) is 6.92 Å². The molecule has 0 bridgehead atoms. The summed E-state index contributed by atoms with van der Waals surface area (Å²) in [5.74, 6) is -0.833. The van der Waals surface area contributed by atoms with Crippen LogP contribution in [0.15, 0.2) is 0 Å². The maximum Gasteiger partial charge on any atom is 0.491 e. The number of aliphatic carboxylic acids is 1. The Hall–Kier alpha value is -0.180. The molecule has 0 aliphatic carbocycles. The fraction of sp³-hybridized carbons (Fsp3) is 0.500. The molecule has 0 fully saturated rings. The van der Waals surface area contributed by atoms with E-state index in [1.807, 2.05) is 0 Å². The van der Waals surface area contributed by atoms with Gasteiger partial charge in [-0.25, -0.2) is 0 Å². The topological polar surface area (TPSA) is 74.6 Å². The van der Waals surface area contributed by atoms with E-state index in [0.717, 1.165) is 6.92 Å². The summed E-state index contributed by atoms with van der Waals surface area (Å²) in [4.78, 5) is 16.0. The Morgan fingerprint density at radius 3 is 1.62 bits per heavy atom. The highest BCUT2D eigenvalue weighted by Crippen LogP contribution is 1.66. The zero-order chi connectivity index (χ0) is 6.28. The Bertz CT molecular complexity index is 61.1. The molecule has 1 atom stereocenters. The van der Waals surface area contributed by atoms with Crippen LogP contribution in [0.5, 0.6) is 0 Å². The number of rotatable bonds is 0. The quantitative estimate of drug-likeness (QED) is 0.505. The Kier molecular flexibility index (Phi) is 31.0. The molecule has 0 saturated carbocycles. The zero-order valence-corrected chi connectivity index (χ0v) is 5.94. The molecule has 0 aliphatic heterocycles. The van der Waals surface area contributed by atoms with Crippen molar-refractivity contribution in [1.29, 1.82) is 0 Å². The average Bonchev–Trinajstić information content (AvgIpc) is 1.33. The molecule has 6 heteroatoms. The summed E-state index contributed by atoms with van der Waals surface area (Å²) < 4.78 is 8.51. The number of carboxylic acid groups (broad SMARTS) is 1. The van der Waals surface area contributed by atoms with E-state index in [4.69, 9.17) is 19.4 Å². The second-order valence-electron chi connectivity index (χ2n) is 0.610. The van der Waals surface area contributed by atoms with Crippen molar-refractivity contribution < 1.29 is 19.4 Å². The Labute approximate surface area is 54.2 Å². The van der Waals surface area contributed by atoms with Gasteiger partial charge >= 0.3 is 8.69 Å². The maximum absolute atomic E-state index is 9.00. The fourth-order valence-corrected chi connectivity index (χ4v) is 0. The standard InChI is InChI=1S/C2H4O2.ClH.HO2P/c1-2(3)4;;1-3-2/h1H3,(H,3,4);1H;3H/p+1. The van der Waals surface area contributed by atoms with Crippen LogP contribution in [0, 0.1) is 0 Å². The van der Waals surface area contributed by atoms with Crippen molar-refractivity contribution in [3.63, 3.8) is 0 Å². The molecule has 0 saturated heterocycles.